The molecule has 3 aromatic rings. The van der Waals surface area contributed by atoms with Gasteiger partial charge < -0.3 is 0 Å². The van der Waals surface area contributed by atoms with E-state index in [1.54, 1.807) is 48.7 Å². The van der Waals surface area contributed by atoms with E-state index >= 15 is 0 Å². The van der Waals surface area contributed by atoms with E-state index < -0.39 is 17.6 Å². The van der Waals surface area contributed by atoms with Gasteiger partial charge in [0.25, 0.3) is 0 Å². The minimum Gasteiger partial charge on any atom is -0.299 e. The highest BCUT2D eigenvalue weighted by Gasteiger charge is 2.26. The summed E-state index contributed by atoms with van der Waals surface area (Å²) in [6.07, 6.45) is 1.59. The molecule has 0 aliphatic carbocycles. The summed E-state index contributed by atoms with van der Waals surface area (Å²) in [4.78, 5) is 32.6. The van der Waals surface area contributed by atoms with Crippen LogP contribution in [0.5, 0.6) is 0 Å². The van der Waals surface area contributed by atoms with Crippen LogP contribution in [0.2, 0.25) is 0 Å². The molecule has 1 aromatic heterocycles. The summed E-state index contributed by atoms with van der Waals surface area (Å²) < 4.78 is 12.9. The lowest BCUT2D eigenvalue weighted by Gasteiger charge is -2.15. The molecule has 3 rings (SSSR count). The number of carbonyl (C=O) groups excluding carboxylic acids is 2. The molecule has 0 saturated heterocycles. The van der Waals surface area contributed by atoms with Gasteiger partial charge in [-0.3, -0.25) is 14.6 Å². The maximum atomic E-state index is 12.9. The van der Waals surface area contributed by atoms with E-state index in [9.17, 15) is 14.0 Å². The molecule has 138 valence electrons. The fraction of sp³-hybridized carbons (Fsp3) is 0.0952. The van der Waals surface area contributed by atoms with Crippen molar-refractivity contribution < 1.29 is 14.0 Å². The average molecular weight is 375 g/mol. The lowest BCUT2D eigenvalue weighted by molar-refractivity contribution is -0.117. The van der Waals surface area contributed by atoms with Crippen molar-refractivity contribution in [2.24, 2.45) is 10.2 Å². The molecule has 0 aliphatic heterocycles. The zero-order valence-corrected chi connectivity index (χ0v) is 15.0. The summed E-state index contributed by atoms with van der Waals surface area (Å²) in [5, 5.41) is 7.37. The van der Waals surface area contributed by atoms with Crippen molar-refractivity contribution in [3.05, 3.63) is 95.6 Å². The number of rotatable bonds is 5. The van der Waals surface area contributed by atoms with Gasteiger partial charge in [0.05, 0.1) is 17.2 Å². The van der Waals surface area contributed by atoms with Crippen molar-refractivity contribution in [3.8, 4) is 0 Å². The largest absolute Gasteiger partial charge is 0.361 e. The van der Waals surface area contributed by atoms with Crippen LogP contribution in [-0.2, 0) is 4.79 Å². The first-order chi connectivity index (χ1) is 13.6. The number of pyridine rings is 1. The Kier molecular flexibility index (Phi) is 5.89. The van der Waals surface area contributed by atoms with Gasteiger partial charge in [-0.05, 0) is 55.0 Å². The Labute approximate surface area is 160 Å². The number of amides is 1. The fourth-order valence-corrected chi connectivity index (χ4v) is 2.75. The average Bonchev–Trinajstić information content (AvgIpc) is 2.70. The first-order valence-corrected chi connectivity index (χ1v) is 8.48. The zero-order chi connectivity index (χ0) is 19.9. The van der Waals surface area contributed by atoms with E-state index in [0.29, 0.717) is 16.9 Å². The number of Topliss-reactive ketones (excluding diaryl/α,β-unsaturated/α-hetero) is 1. The molecule has 0 aliphatic rings. The summed E-state index contributed by atoms with van der Waals surface area (Å²) in [6.45, 7) is 1.45. The number of carbonyl (C=O) groups is 2. The Bertz CT molecular complexity index is 1060. The van der Waals surface area contributed by atoms with Crippen molar-refractivity contribution in [1.82, 2.24) is 9.90 Å². The maximum absolute atomic E-state index is 12.9. The number of nitrogens with zero attached hydrogens (tertiary/aromatic N) is 4. The van der Waals surface area contributed by atoms with Crippen LogP contribution >= 0.6 is 0 Å². The van der Waals surface area contributed by atoms with Crippen LogP contribution in [0.3, 0.4) is 0 Å². The lowest BCUT2D eigenvalue weighted by atomic mass is 9.88. The third kappa shape index (κ3) is 4.47. The summed E-state index contributed by atoms with van der Waals surface area (Å²) in [5.74, 6) is -1.87. The number of benzene rings is 2. The Hall–Kier alpha value is -3.83. The van der Waals surface area contributed by atoms with E-state index in [1.807, 2.05) is 0 Å². The predicted molar refractivity (Wildman–Crippen MR) is 101 cm³/mol. The summed E-state index contributed by atoms with van der Waals surface area (Å²) in [5.41, 5.74) is 1.65. The second-order valence-electron chi connectivity index (χ2n) is 5.96. The van der Waals surface area contributed by atoms with E-state index in [4.69, 9.17) is 0 Å². The summed E-state index contributed by atoms with van der Waals surface area (Å²) in [6, 6.07) is 17.3. The number of hydrogen-bond donors (Lipinski definition) is 0. The molecule has 28 heavy (non-hydrogen) atoms. The van der Waals surface area contributed by atoms with Crippen LogP contribution in [0.15, 0.2) is 83.2 Å². The lowest BCUT2D eigenvalue weighted by Crippen LogP contribution is -2.15. The van der Waals surface area contributed by atoms with Gasteiger partial charge in [-0.15, -0.1) is 0 Å². The van der Waals surface area contributed by atoms with Crippen LogP contribution in [0.1, 0.15) is 34.5 Å². The molecule has 0 spiro atoms. The first-order valence-electron chi connectivity index (χ1n) is 8.48. The highest BCUT2D eigenvalue weighted by atomic mass is 19.1. The highest BCUT2D eigenvalue weighted by molar-refractivity contribution is 5.99. The normalized spacial score (nSPS) is 11.2. The second-order valence-corrected chi connectivity index (χ2v) is 5.96. The van der Waals surface area contributed by atoms with E-state index in [2.05, 4.69) is 20.1 Å². The van der Waals surface area contributed by atoms with Gasteiger partial charge in [-0.2, -0.15) is 0 Å². The first kappa shape index (κ1) is 18.9. The van der Waals surface area contributed by atoms with E-state index in [1.165, 1.54) is 31.2 Å². The molecule has 0 fully saturated rings. The van der Waals surface area contributed by atoms with Crippen molar-refractivity contribution in [2.75, 3.05) is 0 Å². The standard InChI is InChI=1S/C21H16FN4O2/c1-14(27)20(19-8-4-5-13-23-19)17-6-2-3-7-18(17)21(28)25-26-24-16-11-9-15(22)10-12-16/h2-13,20H,1H3/q+1. The number of hydrogen-bond acceptors (Lipinski definition) is 4. The molecular formula is C21H16FN4O2+. The third-order valence-electron chi connectivity index (χ3n) is 4.01. The number of halogens is 1. The Balaban J connectivity index is 1.94. The number of aromatic nitrogens is 1. The molecule has 0 saturated carbocycles. The molecule has 1 atom stereocenters. The van der Waals surface area contributed by atoms with Crippen LogP contribution < -0.4 is 4.91 Å². The summed E-state index contributed by atoms with van der Waals surface area (Å²) in [7, 11) is 0. The fourth-order valence-electron chi connectivity index (χ4n) is 2.75. The van der Waals surface area contributed by atoms with Gasteiger partial charge in [0, 0.05) is 6.20 Å². The Morgan fingerprint density at radius 3 is 2.39 bits per heavy atom. The van der Waals surface area contributed by atoms with Gasteiger partial charge in [-0.25, -0.2) is 4.39 Å². The van der Waals surface area contributed by atoms with E-state index in [-0.39, 0.29) is 11.3 Å². The van der Waals surface area contributed by atoms with Gasteiger partial charge in [0.15, 0.2) is 10.8 Å². The Morgan fingerprint density at radius 1 is 1.00 bits per heavy atom. The molecule has 0 radical (unpaired) electrons. The highest BCUT2D eigenvalue weighted by Crippen LogP contribution is 2.27. The number of ketones is 1. The second kappa shape index (κ2) is 8.70. The smallest absolute Gasteiger partial charge is 0.299 e. The summed E-state index contributed by atoms with van der Waals surface area (Å²) >= 11 is 0. The minimum atomic E-state index is -0.689. The van der Waals surface area contributed by atoms with Gasteiger partial charge in [0.2, 0.25) is 10.0 Å². The molecule has 1 amide bonds. The molecule has 6 nitrogen and oxygen atoms in total. The van der Waals surface area contributed by atoms with Crippen LogP contribution in [0.25, 0.3) is 0 Å². The van der Waals surface area contributed by atoms with E-state index in [0.717, 1.165) is 0 Å². The quantitative estimate of drug-likeness (QED) is 0.490. The molecule has 0 bridgehead atoms. The maximum Gasteiger partial charge on any atom is 0.361 e. The molecular weight excluding hydrogens is 359 g/mol. The predicted octanol–water partition coefficient (Wildman–Crippen LogP) is 4.39. The third-order valence-corrected chi connectivity index (χ3v) is 4.01. The van der Waals surface area contributed by atoms with Gasteiger partial charge in [0.1, 0.15) is 11.6 Å². The van der Waals surface area contributed by atoms with Gasteiger partial charge >= 0.3 is 5.91 Å². The van der Waals surface area contributed by atoms with Crippen LogP contribution in [0.4, 0.5) is 10.1 Å². The molecule has 7 heteroatoms. The van der Waals surface area contributed by atoms with Gasteiger partial charge in [-0.1, -0.05) is 24.3 Å². The molecule has 1 unspecified atom stereocenters. The SMILES string of the molecule is CC(=O)C(c1ccccn1)c1ccccc1C(=O)N=[N+]=Nc1ccc(F)cc1. The van der Waals surface area contributed by atoms with Crippen LogP contribution in [-0.4, -0.2) is 16.7 Å². The van der Waals surface area contributed by atoms with Crippen molar-refractivity contribution in [1.29, 1.82) is 0 Å². The Morgan fingerprint density at radius 2 is 1.71 bits per heavy atom. The van der Waals surface area contributed by atoms with Crippen molar-refractivity contribution in [3.63, 3.8) is 0 Å². The molecule has 1 heterocycles. The van der Waals surface area contributed by atoms with Crippen LogP contribution in [0, 0.1) is 5.82 Å². The van der Waals surface area contributed by atoms with Crippen molar-refractivity contribution >= 4 is 17.4 Å². The minimum absolute atomic E-state index is 0.146. The van der Waals surface area contributed by atoms with Crippen molar-refractivity contribution in [2.45, 2.75) is 12.8 Å². The topological polar surface area (TPSA) is 85.9 Å². The zero-order valence-electron chi connectivity index (χ0n) is 15.0. The monoisotopic (exact) mass is 375 g/mol. The molecule has 0 N–H and O–H groups in total. The molecule has 2 aromatic carbocycles.